The van der Waals surface area contributed by atoms with Crippen LogP contribution in [0.2, 0.25) is 0 Å². The first-order valence-electron chi connectivity index (χ1n) is 0.896. The monoisotopic (exact) mass is 115 g/mol. The van der Waals surface area contributed by atoms with Gasteiger partial charge in [-0.15, -0.1) is 0 Å². The second kappa shape index (κ2) is 1.14. The van der Waals surface area contributed by atoms with Gasteiger partial charge in [-0.1, -0.05) is 0 Å². The van der Waals surface area contributed by atoms with Crippen LogP contribution in [-0.4, -0.2) is 14.7 Å². The predicted octanol–water partition coefficient (Wildman–Crippen LogP) is 0.297. The van der Waals surface area contributed by atoms with E-state index in [1.165, 1.54) is 0 Å². The van der Waals surface area contributed by atoms with Crippen molar-refractivity contribution >= 4 is 19.7 Å². The van der Waals surface area contributed by atoms with Gasteiger partial charge in [0.25, 0.3) is 0 Å². The largest absolute Gasteiger partial charge is 1.00 e. The van der Waals surface area contributed by atoms with E-state index in [9.17, 15) is 8.42 Å². The molecule has 4 heteroatoms. The lowest BCUT2D eigenvalue weighted by Gasteiger charge is -1.65. The molecular formula is CH4ClO2S+. The molecule has 0 spiro atoms. The number of halogens is 1. The quantitative estimate of drug-likeness (QED) is 0.426. The summed E-state index contributed by atoms with van der Waals surface area (Å²) in [7, 11) is 1.31. The van der Waals surface area contributed by atoms with Gasteiger partial charge in [0, 0.05) is 10.7 Å². The summed E-state index contributed by atoms with van der Waals surface area (Å²) in [6.45, 7) is 0. The van der Waals surface area contributed by atoms with Gasteiger partial charge in [0.05, 0.1) is 6.26 Å². The fourth-order valence-corrected chi connectivity index (χ4v) is 0. The third-order valence-corrected chi connectivity index (χ3v) is 0. The highest BCUT2D eigenvalue weighted by Crippen LogP contribution is 1.83. The minimum atomic E-state index is -3.19. The molecule has 0 aliphatic rings. The molecule has 0 N–H and O–H groups in total. The van der Waals surface area contributed by atoms with Gasteiger partial charge < -0.3 is 0 Å². The van der Waals surface area contributed by atoms with Crippen LogP contribution in [0.1, 0.15) is 1.43 Å². The molecule has 0 aromatic rings. The summed E-state index contributed by atoms with van der Waals surface area (Å²) in [5.41, 5.74) is 0. The third kappa shape index (κ3) is 369. The van der Waals surface area contributed by atoms with Gasteiger partial charge in [0.1, 0.15) is 0 Å². The summed E-state index contributed by atoms with van der Waals surface area (Å²) in [6.07, 6.45) is 0.925. The van der Waals surface area contributed by atoms with Crippen molar-refractivity contribution in [1.29, 1.82) is 0 Å². The van der Waals surface area contributed by atoms with E-state index >= 15 is 0 Å². The van der Waals surface area contributed by atoms with E-state index in [1.807, 2.05) is 0 Å². The summed E-state index contributed by atoms with van der Waals surface area (Å²) in [6, 6.07) is 0. The lowest BCUT2D eigenvalue weighted by atomic mass is 12.0. The lowest BCUT2D eigenvalue weighted by Crippen LogP contribution is -1.76. The van der Waals surface area contributed by atoms with E-state index < -0.39 is 9.05 Å². The second-order valence-corrected chi connectivity index (χ2v) is 3.73. The Balaban J connectivity index is 0. The minimum absolute atomic E-state index is 0. The number of rotatable bonds is 0. The van der Waals surface area contributed by atoms with E-state index in [2.05, 4.69) is 10.7 Å². The van der Waals surface area contributed by atoms with Gasteiger partial charge in [-0.25, -0.2) is 8.42 Å². The summed E-state index contributed by atoms with van der Waals surface area (Å²) >= 11 is 0. The van der Waals surface area contributed by atoms with Gasteiger partial charge in [0.15, 0.2) is 0 Å². The summed E-state index contributed by atoms with van der Waals surface area (Å²) in [5, 5.41) is 0. The van der Waals surface area contributed by atoms with E-state index in [0.29, 0.717) is 0 Å². The van der Waals surface area contributed by atoms with Crippen LogP contribution in [-0.2, 0) is 9.05 Å². The summed E-state index contributed by atoms with van der Waals surface area (Å²) in [4.78, 5) is 0. The average molecular weight is 116 g/mol. The Labute approximate surface area is 36.7 Å². The van der Waals surface area contributed by atoms with Crippen LogP contribution in [0.15, 0.2) is 0 Å². The summed E-state index contributed by atoms with van der Waals surface area (Å²) < 4.78 is 18.8. The molecule has 0 atom stereocenters. The van der Waals surface area contributed by atoms with Crippen LogP contribution in [0.3, 0.4) is 0 Å². The Bertz CT molecular complexity index is 96.7. The molecule has 2 nitrogen and oxygen atoms in total. The fraction of sp³-hybridized carbons (Fsp3) is 1.00. The van der Waals surface area contributed by atoms with E-state index in [1.54, 1.807) is 0 Å². The Morgan fingerprint density at radius 1 is 1.80 bits per heavy atom. The molecule has 0 fully saturated rings. The van der Waals surface area contributed by atoms with Crippen LogP contribution in [0.25, 0.3) is 0 Å². The first-order valence-corrected chi connectivity index (χ1v) is 3.61. The maximum Gasteiger partial charge on any atom is 1.00 e. The smallest absolute Gasteiger partial charge is 0.213 e. The molecule has 5 heavy (non-hydrogen) atoms. The molecule has 0 rings (SSSR count). The van der Waals surface area contributed by atoms with Crippen molar-refractivity contribution in [3.8, 4) is 0 Å². The van der Waals surface area contributed by atoms with Crippen LogP contribution in [0.4, 0.5) is 0 Å². The van der Waals surface area contributed by atoms with Crippen LogP contribution in [0.5, 0.6) is 0 Å². The molecule has 0 unspecified atom stereocenters. The minimum Gasteiger partial charge on any atom is -0.213 e. The standard InChI is InChI=1S/CH3ClO2S/c1-5(2,3)4/h1H3/p+1. The topological polar surface area (TPSA) is 34.1 Å². The third-order valence-electron chi connectivity index (χ3n) is 0. The molecule has 0 saturated heterocycles. The average Bonchev–Trinajstić information content (AvgIpc) is 0.722. The van der Waals surface area contributed by atoms with Crippen molar-refractivity contribution in [2.24, 2.45) is 0 Å². The van der Waals surface area contributed by atoms with Crippen LogP contribution in [0, 0.1) is 0 Å². The maximum absolute atomic E-state index is 9.40. The van der Waals surface area contributed by atoms with Gasteiger partial charge in [-0.05, 0) is 0 Å². The van der Waals surface area contributed by atoms with Gasteiger partial charge >= 0.3 is 1.43 Å². The van der Waals surface area contributed by atoms with Crippen LogP contribution < -0.4 is 0 Å². The normalized spacial score (nSPS) is 11.6. The maximum atomic E-state index is 9.40. The van der Waals surface area contributed by atoms with E-state index in [0.717, 1.165) is 6.26 Å². The molecular weight excluding hydrogens is 112 g/mol. The zero-order valence-corrected chi connectivity index (χ0v) is 4.18. The van der Waals surface area contributed by atoms with Crippen molar-refractivity contribution in [1.82, 2.24) is 0 Å². The molecule has 0 aliphatic heterocycles. The zero-order chi connectivity index (χ0) is 4.50. The molecule has 0 amide bonds. The predicted molar refractivity (Wildman–Crippen MR) is 21.8 cm³/mol. The highest BCUT2D eigenvalue weighted by atomic mass is 35.7. The van der Waals surface area contributed by atoms with Gasteiger partial charge in [-0.3, -0.25) is 0 Å². The molecule has 32 valence electrons. The van der Waals surface area contributed by atoms with Gasteiger partial charge in [0.2, 0.25) is 9.05 Å². The number of hydrogen-bond donors (Lipinski definition) is 0. The Kier molecular flexibility index (Phi) is 1.20. The van der Waals surface area contributed by atoms with E-state index in [4.69, 9.17) is 0 Å². The van der Waals surface area contributed by atoms with Crippen molar-refractivity contribution in [3.05, 3.63) is 0 Å². The number of hydrogen-bond acceptors (Lipinski definition) is 2. The van der Waals surface area contributed by atoms with Crippen molar-refractivity contribution in [2.75, 3.05) is 6.26 Å². The van der Waals surface area contributed by atoms with E-state index in [-0.39, 0.29) is 1.43 Å². The lowest BCUT2D eigenvalue weighted by molar-refractivity contribution is 0.615. The second-order valence-electron chi connectivity index (χ2n) is 0.682. The van der Waals surface area contributed by atoms with Crippen LogP contribution >= 0.6 is 10.7 Å². The molecule has 0 aromatic carbocycles. The summed E-state index contributed by atoms with van der Waals surface area (Å²) in [5.74, 6) is 0. The van der Waals surface area contributed by atoms with Crippen molar-refractivity contribution < 1.29 is 9.84 Å². The highest BCUT2D eigenvalue weighted by Gasteiger charge is 1.83. The van der Waals surface area contributed by atoms with Crippen molar-refractivity contribution in [3.63, 3.8) is 0 Å². The Morgan fingerprint density at radius 3 is 1.80 bits per heavy atom. The molecule has 0 radical (unpaired) electrons. The molecule has 0 saturated carbocycles. The highest BCUT2D eigenvalue weighted by molar-refractivity contribution is 8.13. The first-order chi connectivity index (χ1) is 2.00. The fourth-order valence-electron chi connectivity index (χ4n) is 0. The molecule has 0 heterocycles. The van der Waals surface area contributed by atoms with Crippen molar-refractivity contribution in [2.45, 2.75) is 0 Å². The zero-order valence-electron chi connectivity index (χ0n) is 3.60. The molecule has 0 aliphatic carbocycles. The molecule has 0 bridgehead atoms. The first kappa shape index (κ1) is 5.24. The Hall–Kier alpha value is 0.240. The SMILES string of the molecule is CS(=O)(=O)Cl.[H+]. The van der Waals surface area contributed by atoms with Gasteiger partial charge in [-0.2, -0.15) is 0 Å². The molecule has 0 aromatic heterocycles. The Morgan fingerprint density at radius 2 is 1.80 bits per heavy atom.